The average Bonchev–Trinajstić information content (AvgIpc) is 2.37. The maximum atomic E-state index is 13.3. The Labute approximate surface area is 131 Å². The van der Waals surface area contributed by atoms with Crippen molar-refractivity contribution < 1.29 is 12.8 Å². The summed E-state index contributed by atoms with van der Waals surface area (Å²) in [6, 6.07) is 8.84. The molecule has 0 radical (unpaired) electrons. The van der Waals surface area contributed by atoms with Crippen molar-refractivity contribution in [2.75, 3.05) is 4.72 Å². The first kappa shape index (κ1) is 15.9. The Morgan fingerprint density at radius 2 is 1.95 bits per heavy atom. The zero-order chi connectivity index (χ0) is 15.6. The second-order valence-corrected chi connectivity index (χ2v) is 7.10. The number of sulfonamides is 1. The van der Waals surface area contributed by atoms with Gasteiger partial charge in [0.25, 0.3) is 10.0 Å². The van der Waals surface area contributed by atoms with Crippen molar-refractivity contribution in [3.05, 3.63) is 57.8 Å². The smallest absolute Gasteiger partial charge is 0.263 e. The minimum atomic E-state index is -3.83. The first-order valence-corrected chi connectivity index (χ1v) is 8.38. The molecule has 0 amide bonds. The lowest BCUT2D eigenvalue weighted by atomic mass is 10.2. The molecule has 0 unspecified atom stereocenters. The van der Waals surface area contributed by atoms with Crippen molar-refractivity contribution in [2.45, 2.75) is 18.4 Å². The van der Waals surface area contributed by atoms with E-state index < -0.39 is 15.8 Å². The predicted octanol–water partition coefficient (Wildman–Crippen LogP) is 3.16. The monoisotopic (exact) mass is 372 g/mol. The first-order chi connectivity index (χ1) is 9.81. The van der Waals surface area contributed by atoms with E-state index in [-0.39, 0.29) is 17.1 Å². The van der Waals surface area contributed by atoms with Crippen LogP contribution in [0.15, 0.2) is 45.8 Å². The first-order valence-electron chi connectivity index (χ1n) is 6.10. The zero-order valence-corrected chi connectivity index (χ0v) is 13.6. The summed E-state index contributed by atoms with van der Waals surface area (Å²) < 4.78 is 40.9. The third-order valence-electron chi connectivity index (χ3n) is 2.82. The van der Waals surface area contributed by atoms with E-state index in [0.717, 1.165) is 6.07 Å². The average molecular weight is 373 g/mol. The molecule has 0 fully saturated rings. The molecule has 0 saturated carbocycles. The molecule has 0 bridgehead atoms. The third-order valence-corrected chi connectivity index (χ3v) is 5.19. The van der Waals surface area contributed by atoms with E-state index in [1.807, 2.05) is 0 Å². The highest BCUT2D eigenvalue weighted by Crippen LogP contribution is 2.26. The number of hydrogen-bond donors (Lipinski definition) is 2. The molecule has 4 nitrogen and oxygen atoms in total. The minimum absolute atomic E-state index is 0.0624. The summed E-state index contributed by atoms with van der Waals surface area (Å²) in [5, 5.41) is 0. The zero-order valence-electron chi connectivity index (χ0n) is 11.2. The second kappa shape index (κ2) is 6.13. The fourth-order valence-electron chi connectivity index (χ4n) is 1.89. The summed E-state index contributed by atoms with van der Waals surface area (Å²) in [6.07, 6.45) is 0. The van der Waals surface area contributed by atoms with Gasteiger partial charge in [-0.1, -0.05) is 6.07 Å². The van der Waals surface area contributed by atoms with Gasteiger partial charge in [-0.3, -0.25) is 4.72 Å². The fourth-order valence-corrected chi connectivity index (χ4v) is 3.94. The van der Waals surface area contributed by atoms with Crippen LogP contribution in [0.25, 0.3) is 0 Å². The molecule has 21 heavy (non-hydrogen) atoms. The Bertz CT molecular complexity index is 758. The molecule has 0 heterocycles. The summed E-state index contributed by atoms with van der Waals surface area (Å²) in [5.74, 6) is -0.498. The maximum Gasteiger partial charge on any atom is 0.263 e. The van der Waals surface area contributed by atoms with Crippen molar-refractivity contribution in [2.24, 2.45) is 5.73 Å². The van der Waals surface area contributed by atoms with E-state index in [9.17, 15) is 12.8 Å². The molecule has 0 saturated heterocycles. The molecule has 2 aromatic rings. The van der Waals surface area contributed by atoms with Crippen molar-refractivity contribution in [1.29, 1.82) is 0 Å². The van der Waals surface area contributed by atoms with Gasteiger partial charge in [0.15, 0.2) is 0 Å². The standard InChI is InChI=1S/C14H14BrFN2O2S/c1-9-4-11(16)7-12(5-9)18-21(19,20)14-6-10(8-17)2-3-13(14)15/h2-7,18H,8,17H2,1H3. The van der Waals surface area contributed by atoms with Crippen molar-refractivity contribution in [3.8, 4) is 0 Å². The molecule has 0 aromatic heterocycles. The van der Waals surface area contributed by atoms with E-state index in [2.05, 4.69) is 20.7 Å². The van der Waals surface area contributed by atoms with E-state index in [1.54, 1.807) is 25.1 Å². The lowest BCUT2D eigenvalue weighted by molar-refractivity contribution is 0.600. The van der Waals surface area contributed by atoms with E-state index in [1.165, 1.54) is 12.1 Å². The Balaban J connectivity index is 2.42. The van der Waals surface area contributed by atoms with Gasteiger partial charge < -0.3 is 5.73 Å². The molecular formula is C14H14BrFN2O2S. The number of anilines is 1. The molecule has 2 aromatic carbocycles. The van der Waals surface area contributed by atoms with Crippen LogP contribution < -0.4 is 10.5 Å². The molecule has 0 spiro atoms. The normalized spacial score (nSPS) is 11.4. The van der Waals surface area contributed by atoms with Gasteiger partial charge in [0, 0.05) is 11.0 Å². The number of hydrogen-bond acceptors (Lipinski definition) is 3. The van der Waals surface area contributed by atoms with Gasteiger partial charge in [0.2, 0.25) is 0 Å². The minimum Gasteiger partial charge on any atom is -0.326 e. The molecule has 0 atom stereocenters. The van der Waals surface area contributed by atoms with Crippen molar-refractivity contribution in [1.82, 2.24) is 0 Å². The quantitative estimate of drug-likeness (QED) is 0.865. The van der Waals surface area contributed by atoms with Crippen LogP contribution >= 0.6 is 15.9 Å². The van der Waals surface area contributed by atoms with E-state index >= 15 is 0 Å². The van der Waals surface area contributed by atoms with Crippen LogP contribution in [0, 0.1) is 12.7 Å². The van der Waals surface area contributed by atoms with E-state index in [0.29, 0.717) is 15.6 Å². The lowest BCUT2D eigenvalue weighted by Gasteiger charge is -2.11. The number of halogens is 2. The van der Waals surface area contributed by atoms with Crippen LogP contribution in [0.5, 0.6) is 0 Å². The van der Waals surface area contributed by atoms with Crippen LogP contribution in [0.2, 0.25) is 0 Å². The number of aryl methyl sites for hydroxylation is 1. The van der Waals surface area contributed by atoms with Gasteiger partial charge in [-0.25, -0.2) is 12.8 Å². The highest BCUT2D eigenvalue weighted by Gasteiger charge is 2.18. The summed E-state index contributed by atoms with van der Waals surface area (Å²) in [7, 11) is -3.83. The Morgan fingerprint density at radius 1 is 1.24 bits per heavy atom. The van der Waals surface area contributed by atoms with E-state index in [4.69, 9.17) is 5.73 Å². The molecule has 0 aliphatic rings. The SMILES string of the molecule is Cc1cc(F)cc(NS(=O)(=O)c2cc(CN)ccc2Br)c1. The Hall–Kier alpha value is -1.44. The van der Waals surface area contributed by atoms with Crippen LogP contribution in [0.3, 0.4) is 0 Å². The predicted molar refractivity (Wildman–Crippen MR) is 84.0 cm³/mol. The molecule has 2 rings (SSSR count). The molecule has 3 N–H and O–H groups in total. The maximum absolute atomic E-state index is 13.3. The van der Waals surface area contributed by atoms with Crippen molar-refractivity contribution >= 4 is 31.6 Å². The largest absolute Gasteiger partial charge is 0.326 e. The van der Waals surface area contributed by atoms with Gasteiger partial charge in [0.05, 0.1) is 5.69 Å². The summed E-state index contributed by atoms with van der Waals surface area (Å²) >= 11 is 3.20. The summed E-state index contributed by atoms with van der Waals surface area (Å²) in [4.78, 5) is 0.0624. The van der Waals surface area contributed by atoms with Gasteiger partial charge >= 0.3 is 0 Å². The highest BCUT2D eigenvalue weighted by molar-refractivity contribution is 9.10. The summed E-state index contributed by atoms with van der Waals surface area (Å²) in [5.41, 5.74) is 7.02. The number of benzene rings is 2. The third kappa shape index (κ3) is 3.81. The Kier molecular flexibility index (Phi) is 4.65. The van der Waals surface area contributed by atoms with Gasteiger partial charge in [0.1, 0.15) is 10.7 Å². The molecular weight excluding hydrogens is 359 g/mol. The van der Waals surface area contributed by atoms with Crippen LogP contribution in [-0.2, 0) is 16.6 Å². The molecule has 112 valence electrons. The Morgan fingerprint density at radius 3 is 2.57 bits per heavy atom. The molecule has 7 heteroatoms. The highest BCUT2D eigenvalue weighted by atomic mass is 79.9. The number of nitrogens with two attached hydrogens (primary N) is 1. The topological polar surface area (TPSA) is 72.2 Å². The number of rotatable bonds is 4. The summed E-state index contributed by atoms with van der Waals surface area (Å²) in [6.45, 7) is 1.92. The molecule has 0 aliphatic carbocycles. The second-order valence-electron chi connectivity index (χ2n) is 4.59. The van der Waals surface area contributed by atoms with Crippen LogP contribution in [-0.4, -0.2) is 8.42 Å². The van der Waals surface area contributed by atoms with Gasteiger partial charge in [-0.15, -0.1) is 0 Å². The van der Waals surface area contributed by atoms with Gasteiger partial charge in [-0.05, 0) is 64.3 Å². The van der Waals surface area contributed by atoms with Crippen LogP contribution in [0.1, 0.15) is 11.1 Å². The fraction of sp³-hybridized carbons (Fsp3) is 0.143. The number of nitrogens with one attached hydrogen (secondary N) is 1. The lowest BCUT2D eigenvalue weighted by Crippen LogP contribution is -2.14. The van der Waals surface area contributed by atoms with Gasteiger partial charge in [-0.2, -0.15) is 0 Å². The van der Waals surface area contributed by atoms with Crippen molar-refractivity contribution in [3.63, 3.8) is 0 Å². The van der Waals surface area contributed by atoms with Crippen LogP contribution in [0.4, 0.5) is 10.1 Å². The molecule has 0 aliphatic heterocycles.